The number of fused-ring (bicyclic) bond motifs is 4. The zero-order valence-corrected chi connectivity index (χ0v) is 20.5. The van der Waals surface area contributed by atoms with Crippen LogP contribution in [0.2, 0.25) is 0 Å². The average molecular weight is 467 g/mol. The molecule has 7 heteroatoms. The number of nitrogens with zero attached hydrogens (tertiary/aromatic N) is 4. The first-order valence-electron chi connectivity index (χ1n) is 12.2. The van der Waals surface area contributed by atoms with Crippen molar-refractivity contribution in [2.45, 2.75) is 43.7 Å². The molecule has 0 amide bonds. The topological polar surface area (TPSA) is 53.8 Å². The molecule has 2 aliphatic heterocycles. The molecule has 1 saturated heterocycles. The first-order valence-corrected chi connectivity index (χ1v) is 13.1. The summed E-state index contributed by atoms with van der Waals surface area (Å²) < 4.78 is 7.89. The van der Waals surface area contributed by atoms with Crippen molar-refractivity contribution in [3.63, 3.8) is 0 Å². The van der Waals surface area contributed by atoms with Gasteiger partial charge in [0.1, 0.15) is 10.8 Å². The van der Waals surface area contributed by atoms with E-state index in [1.807, 2.05) is 6.20 Å². The normalized spacial score (nSPS) is 23.3. The van der Waals surface area contributed by atoms with E-state index in [2.05, 4.69) is 50.0 Å². The van der Waals surface area contributed by atoms with Gasteiger partial charge in [0.15, 0.2) is 0 Å². The number of benzene rings is 1. The molecule has 3 aliphatic rings. The van der Waals surface area contributed by atoms with Crippen LogP contribution >= 0.6 is 11.3 Å². The number of hydrogen-bond acceptors (Lipinski definition) is 6. The quantitative estimate of drug-likeness (QED) is 0.597. The highest BCUT2D eigenvalue weighted by Gasteiger charge is 2.53. The molecule has 1 saturated carbocycles. The molecule has 6 rings (SSSR count). The summed E-state index contributed by atoms with van der Waals surface area (Å²) in [6, 6.07) is 6.53. The second-order valence-electron chi connectivity index (χ2n) is 10.3. The molecule has 2 aromatic heterocycles. The summed E-state index contributed by atoms with van der Waals surface area (Å²) in [5.74, 6) is 1.65. The van der Waals surface area contributed by atoms with E-state index in [0.717, 1.165) is 44.4 Å². The maximum Gasteiger partial charge on any atom is 0.120 e. The maximum absolute atomic E-state index is 10.6. The molecule has 1 N–H and O–H groups in total. The van der Waals surface area contributed by atoms with E-state index >= 15 is 0 Å². The Kier molecular flexibility index (Phi) is 5.48. The fraction of sp³-hybridized carbons (Fsp3) is 0.577. The Morgan fingerprint density at radius 1 is 1.21 bits per heavy atom. The summed E-state index contributed by atoms with van der Waals surface area (Å²) in [7, 11) is 3.90. The minimum absolute atomic E-state index is 0.0580. The van der Waals surface area contributed by atoms with Crippen LogP contribution in [0.5, 0.6) is 5.75 Å². The van der Waals surface area contributed by atoms with E-state index < -0.39 is 0 Å². The van der Waals surface area contributed by atoms with E-state index in [0.29, 0.717) is 0 Å². The molecule has 0 bridgehead atoms. The minimum atomic E-state index is 0.0580. The SMILES string of the molecule is COc1ccc2c3c(n(C)c2c1)[C@@H](CO)N(CC1CCCC1)CC31CN(Cc2nccs2)C1. The lowest BCUT2D eigenvalue weighted by atomic mass is 9.68. The van der Waals surface area contributed by atoms with Crippen LogP contribution in [0, 0.1) is 5.92 Å². The fourth-order valence-corrected chi connectivity index (χ4v) is 7.54. The van der Waals surface area contributed by atoms with E-state index in [1.54, 1.807) is 18.4 Å². The van der Waals surface area contributed by atoms with Crippen LogP contribution in [0.3, 0.4) is 0 Å². The highest BCUT2D eigenvalue weighted by Crippen LogP contribution is 2.50. The Morgan fingerprint density at radius 2 is 2.03 bits per heavy atom. The van der Waals surface area contributed by atoms with Crippen molar-refractivity contribution < 1.29 is 9.84 Å². The van der Waals surface area contributed by atoms with Gasteiger partial charge >= 0.3 is 0 Å². The van der Waals surface area contributed by atoms with Gasteiger partial charge in [-0.15, -0.1) is 11.3 Å². The molecular formula is C26H34N4O2S. The summed E-state index contributed by atoms with van der Waals surface area (Å²) in [5, 5.41) is 15.2. The molecule has 6 nitrogen and oxygen atoms in total. The average Bonchev–Trinajstić information content (AvgIpc) is 3.55. The smallest absolute Gasteiger partial charge is 0.120 e. The lowest BCUT2D eigenvalue weighted by Crippen LogP contribution is -2.66. The number of aryl methyl sites for hydroxylation is 1. The second kappa shape index (κ2) is 8.38. The van der Waals surface area contributed by atoms with Crippen molar-refractivity contribution in [3.05, 3.63) is 46.0 Å². The Hall–Kier alpha value is -1.93. The highest BCUT2D eigenvalue weighted by atomic mass is 32.1. The Labute approximate surface area is 199 Å². The number of aliphatic hydroxyl groups is 1. The summed E-state index contributed by atoms with van der Waals surface area (Å²) in [5.41, 5.74) is 4.07. The molecule has 1 atom stereocenters. The molecule has 1 spiro atoms. The maximum atomic E-state index is 10.6. The third kappa shape index (κ3) is 3.52. The van der Waals surface area contributed by atoms with Gasteiger partial charge in [0.05, 0.1) is 31.8 Å². The number of methoxy groups -OCH3 is 1. The summed E-state index contributed by atoms with van der Waals surface area (Å²) in [6.45, 7) is 5.32. The first-order chi connectivity index (χ1) is 16.1. The molecule has 176 valence electrons. The van der Waals surface area contributed by atoms with Gasteiger partial charge in [0.25, 0.3) is 0 Å². The van der Waals surface area contributed by atoms with Gasteiger partial charge in [-0.2, -0.15) is 0 Å². The molecule has 3 aromatic rings. The number of aromatic nitrogens is 2. The van der Waals surface area contributed by atoms with Crippen LogP contribution in [-0.2, 0) is 19.0 Å². The molecular weight excluding hydrogens is 432 g/mol. The zero-order valence-electron chi connectivity index (χ0n) is 19.7. The highest BCUT2D eigenvalue weighted by molar-refractivity contribution is 7.09. The molecule has 0 radical (unpaired) electrons. The van der Waals surface area contributed by atoms with Gasteiger partial charge in [-0.05, 0) is 36.5 Å². The van der Waals surface area contributed by atoms with Crippen LogP contribution in [0.25, 0.3) is 10.9 Å². The van der Waals surface area contributed by atoms with Crippen molar-refractivity contribution in [2.24, 2.45) is 13.0 Å². The number of thiazole rings is 1. The van der Waals surface area contributed by atoms with Gasteiger partial charge in [-0.1, -0.05) is 12.8 Å². The molecule has 33 heavy (non-hydrogen) atoms. The van der Waals surface area contributed by atoms with Gasteiger partial charge in [0.2, 0.25) is 0 Å². The summed E-state index contributed by atoms with van der Waals surface area (Å²) >= 11 is 1.74. The molecule has 1 aliphatic carbocycles. The predicted molar refractivity (Wildman–Crippen MR) is 132 cm³/mol. The van der Waals surface area contributed by atoms with Gasteiger partial charge < -0.3 is 14.4 Å². The van der Waals surface area contributed by atoms with E-state index in [4.69, 9.17) is 4.74 Å². The first kappa shape index (κ1) is 21.6. The number of likely N-dealkylation sites (tertiary alicyclic amines) is 1. The number of aliphatic hydroxyl groups excluding tert-OH is 1. The van der Waals surface area contributed by atoms with Gasteiger partial charge in [-0.3, -0.25) is 9.80 Å². The lowest BCUT2D eigenvalue weighted by molar-refractivity contribution is -0.0148. The van der Waals surface area contributed by atoms with Gasteiger partial charge in [-0.25, -0.2) is 4.98 Å². The number of ether oxygens (including phenoxy) is 1. The van der Waals surface area contributed by atoms with Crippen LogP contribution in [0.1, 0.15) is 48.0 Å². The van der Waals surface area contributed by atoms with Crippen molar-refractivity contribution in [1.29, 1.82) is 0 Å². The fourth-order valence-electron chi connectivity index (χ4n) is 6.88. The number of hydrogen-bond donors (Lipinski definition) is 1. The zero-order chi connectivity index (χ0) is 22.6. The van der Waals surface area contributed by atoms with Crippen molar-refractivity contribution in [2.75, 3.05) is 39.9 Å². The third-order valence-corrected chi connectivity index (χ3v) is 9.05. The Morgan fingerprint density at radius 3 is 2.73 bits per heavy atom. The monoisotopic (exact) mass is 466 g/mol. The third-order valence-electron chi connectivity index (χ3n) is 8.28. The second-order valence-corrected chi connectivity index (χ2v) is 11.3. The predicted octanol–water partition coefficient (Wildman–Crippen LogP) is 3.94. The molecule has 0 unspecified atom stereocenters. The van der Waals surface area contributed by atoms with Crippen LogP contribution in [0.15, 0.2) is 29.8 Å². The summed E-state index contributed by atoms with van der Waals surface area (Å²) in [6.07, 6.45) is 7.28. The standard InChI is InChI=1S/C26H34N4O2S/c1-28-21-11-19(32-2)7-8-20(21)24-25(28)22(14-31)30(12-18-5-3-4-6-18)17-26(24)15-29(16-26)13-23-27-9-10-33-23/h7-11,18,22,31H,3-6,12-17H2,1-2H3/t22-/m1/s1. The van der Waals surface area contributed by atoms with Crippen molar-refractivity contribution in [3.8, 4) is 5.75 Å². The molecule has 4 heterocycles. The largest absolute Gasteiger partial charge is 0.497 e. The lowest BCUT2D eigenvalue weighted by Gasteiger charge is -2.56. The molecule has 1 aromatic carbocycles. The summed E-state index contributed by atoms with van der Waals surface area (Å²) in [4.78, 5) is 9.67. The number of rotatable bonds is 6. The Bertz CT molecular complexity index is 1130. The van der Waals surface area contributed by atoms with Crippen molar-refractivity contribution >= 4 is 22.2 Å². The molecule has 2 fully saturated rings. The minimum Gasteiger partial charge on any atom is -0.497 e. The van der Waals surface area contributed by atoms with Crippen LogP contribution < -0.4 is 4.74 Å². The van der Waals surface area contributed by atoms with Crippen LogP contribution in [0.4, 0.5) is 0 Å². The van der Waals surface area contributed by atoms with E-state index in [1.165, 1.54) is 52.9 Å². The van der Waals surface area contributed by atoms with E-state index in [-0.39, 0.29) is 18.1 Å². The Balaban J connectivity index is 1.42. The van der Waals surface area contributed by atoms with Gasteiger partial charge in [0, 0.05) is 67.4 Å². The van der Waals surface area contributed by atoms with Crippen LogP contribution in [-0.4, -0.2) is 64.4 Å². The van der Waals surface area contributed by atoms with Crippen molar-refractivity contribution in [1.82, 2.24) is 19.4 Å². The van der Waals surface area contributed by atoms with E-state index in [9.17, 15) is 5.11 Å².